The van der Waals surface area contributed by atoms with Crippen LogP contribution in [0, 0.1) is 5.92 Å². The lowest BCUT2D eigenvalue weighted by Crippen LogP contribution is -2.25. The van der Waals surface area contributed by atoms with Gasteiger partial charge >= 0.3 is 5.97 Å². The van der Waals surface area contributed by atoms with E-state index in [2.05, 4.69) is 25.8 Å². The Hall–Kier alpha value is -4.13. The fourth-order valence-corrected chi connectivity index (χ4v) is 4.44. The molecular weight excluding hydrogens is 506 g/mol. The smallest absolute Gasteiger partial charge is 0.338 e. The number of carbonyl (C=O) groups is 3. The molecule has 1 N–H and O–H groups in total. The largest absolute Gasteiger partial charge is 0.507 e. The molecule has 0 aliphatic heterocycles. The number of rotatable bonds is 16. The van der Waals surface area contributed by atoms with Crippen LogP contribution in [0.1, 0.15) is 77.0 Å². The molecule has 0 spiro atoms. The van der Waals surface area contributed by atoms with Crippen LogP contribution in [0.15, 0.2) is 72.8 Å². The van der Waals surface area contributed by atoms with Gasteiger partial charge in [0.1, 0.15) is 24.7 Å². The number of benzene rings is 3. The molecule has 0 heterocycles. The molecule has 212 valence electrons. The van der Waals surface area contributed by atoms with Crippen molar-refractivity contribution in [1.82, 2.24) is 0 Å². The summed E-state index contributed by atoms with van der Waals surface area (Å²) < 4.78 is 10.9. The van der Waals surface area contributed by atoms with Crippen molar-refractivity contribution in [3.63, 3.8) is 0 Å². The number of phenolic OH excluding ortho intramolecular Hbond substituents is 1. The molecule has 7 heteroatoms. The molecule has 7 nitrogen and oxygen atoms in total. The van der Waals surface area contributed by atoms with E-state index in [4.69, 9.17) is 9.47 Å². The number of hydrogen-bond donors (Lipinski definition) is 1. The summed E-state index contributed by atoms with van der Waals surface area (Å²) in [4.78, 5) is 39.5. The second-order valence-corrected chi connectivity index (χ2v) is 9.90. The Morgan fingerprint density at radius 3 is 2.25 bits per heavy atom. The van der Waals surface area contributed by atoms with Crippen molar-refractivity contribution in [1.29, 1.82) is 0 Å². The number of hydrogen-bond acceptors (Lipinski definition) is 7. The maximum atomic E-state index is 12.5. The summed E-state index contributed by atoms with van der Waals surface area (Å²) in [6.45, 7) is 5.51. The van der Waals surface area contributed by atoms with E-state index in [-0.39, 0.29) is 36.7 Å². The molecule has 0 amide bonds. The number of unbranched alkanes of at least 4 members (excludes halogenated alkanes) is 1. The highest BCUT2D eigenvalue weighted by molar-refractivity contribution is 6.14. The van der Waals surface area contributed by atoms with Gasteiger partial charge in [0.2, 0.25) is 0 Å². The topological polar surface area (TPSA) is 93.1 Å². The molecule has 0 saturated carbocycles. The second-order valence-electron chi connectivity index (χ2n) is 9.90. The predicted molar refractivity (Wildman–Crippen MR) is 157 cm³/mol. The number of anilines is 1. The van der Waals surface area contributed by atoms with Crippen molar-refractivity contribution in [2.45, 2.75) is 46.0 Å². The Morgan fingerprint density at radius 2 is 1.60 bits per heavy atom. The van der Waals surface area contributed by atoms with Crippen LogP contribution in [0.4, 0.5) is 5.69 Å². The van der Waals surface area contributed by atoms with E-state index in [0.29, 0.717) is 22.8 Å². The van der Waals surface area contributed by atoms with Gasteiger partial charge in [0.15, 0.2) is 11.6 Å². The Bertz CT molecular complexity index is 1260. The molecule has 0 bridgehead atoms. The van der Waals surface area contributed by atoms with E-state index in [1.807, 2.05) is 12.1 Å². The van der Waals surface area contributed by atoms with Gasteiger partial charge in [-0.2, -0.15) is 0 Å². The zero-order valence-electron chi connectivity index (χ0n) is 23.6. The molecule has 3 rings (SSSR count). The van der Waals surface area contributed by atoms with Crippen molar-refractivity contribution in [2.24, 2.45) is 5.92 Å². The van der Waals surface area contributed by atoms with Gasteiger partial charge in [0.05, 0.1) is 17.5 Å². The standard InChI is InChI=1S/C33H39NO6/c1-4-6-10-24(5-2)23-34(3)27-15-13-26(14-16-27)33(38)40-20-19-39-28-17-18-29(31(36)21-28)32(37)22-30(35)25-11-8-7-9-12-25/h7-9,11-18,21,24,36H,4-6,10,19-20,22-23H2,1-3H3. The average Bonchev–Trinajstić information content (AvgIpc) is 2.97. The van der Waals surface area contributed by atoms with Gasteiger partial charge in [-0.3, -0.25) is 9.59 Å². The van der Waals surface area contributed by atoms with Gasteiger partial charge < -0.3 is 19.5 Å². The number of esters is 1. The van der Waals surface area contributed by atoms with E-state index >= 15 is 0 Å². The number of nitrogens with zero attached hydrogens (tertiary/aromatic N) is 1. The summed E-state index contributed by atoms with van der Waals surface area (Å²) in [5, 5.41) is 10.3. The van der Waals surface area contributed by atoms with Crippen molar-refractivity contribution < 1.29 is 29.0 Å². The van der Waals surface area contributed by atoms with Gasteiger partial charge in [-0.1, -0.05) is 63.4 Å². The second kappa shape index (κ2) is 15.5. The van der Waals surface area contributed by atoms with Crippen LogP contribution in [0.25, 0.3) is 0 Å². The highest BCUT2D eigenvalue weighted by atomic mass is 16.6. The van der Waals surface area contributed by atoms with Gasteiger partial charge in [-0.05, 0) is 48.7 Å². The normalized spacial score (nSPS) is 11.5. The summed E-state index contributed by atoms with van der Waals surface area (Å²) >= 11 is 0. The molecule has 0 aliphatic rings. The van der Waals surface area contributed by atoms with Crippen LogP contribution in [-0.4, -0.2) is 49.4 Å². The van der Waals surface area contributed by atoms with Crippen LogP contribution in [0.5, 0.6) is 11.5 Å². The van der Waals surface area contributed by atoms with Gasteiger partial charge in [-0.25, -0.2) is 4.79 Å². The van der Waals surface area contributed by atoms with Gasteiger partial charge in [-0.15, -0.1) is 0 Å². The average molecular weight is 546 g/mol. The highest BCUT2D eigenvalue weighted by Crippen LogP contribution is 2.25. The monoisotopic (exact) mass is 545 g/mol. The molecule has 40 heavy (non-hydrogen) atoms. The fourth-order valence-electron chi connectivity index (χ4n) is 4.44. The van der Waals surface area contributed by atoms with E-state index in [1.165, 1.54) is 37.5 Å². The minimum absolute atomic E-state index is 0.0170. The molecule has 0 radical (unpaired) electrons. The quantitative estimate of drug-likeness (QED) is 0.0922. The molecule has 1 atom stereocenters. The first-order chi connectivity index (χ1) is 19.3. The zero-order chi connectivity index (χ0) is 28.9. The van der Waals surface area contributed by atoms with Crippen LogP contribution in [0.2, 0.25) is 0 Å². The maximum absolute atomic E-state index is 12.5. The highest BCUT2D eigenvalue weighted by Gasteiger charge is 2.17. The third kappa shape index (κ3) is 8.97. The number of phenols is 1. The van der Waals surface area contributed by atoms with E-state index < -0.39 is 11.8 Å². The Kier molecular flexibility index (Phi) is 11.8. The number of carbonyl (C=O) groups excluding carboxylic acids is 3. The number of aromatic hydroxyl groups is 1. The number of Topliss-reactive ketones (excluding diaryl/α,β-unsaturated/α-hetero) is 2. The fraction of sp³-hybridized carbons (Fsp3) is 0.364. The summed E-state index contributed by atoms with van der Waals surface area (Å²) in [5.74, 6) is -0.555. The molecule has 3 aromatic rings. The van der Waals surface area contributed by atoms with Crippen LogP contribution < -0.4 is 9.64 Å². The van der Waals surface area contributed by atoms with Gasteiger partial charge in [0.25, 0.3) is 0 Å². The third-order valence-corrected chi connectivity index (χ3v) is 6.89. The SMILES string of the molecule is CCCCC(CC)CN(C)c1ccc(C(=O)OCCOc2ccc(C(=O)CC(=O)c3ccccc3)c(O)c2)cc1. The van der Waals surface area contributed by atoms with E-state index in [1.54, 1.807) is 42.5 Å². The molecule has 0 aliphatic carbocycles. The van der Waals surface area contributed by atoms with Gasteiger partial charge in [0, 0.05) is 30.9 Å². The molecule has 0 aromatic heterocycles. The van der Waals surface area contributed by atoms with Crippen molar-refractivity contribution in [3.8, 4) is 11.5 Å². The Morgan fingerprint density at radius 1 is 0.875 bits per heavy atom. The molecule has 0 saturated heterocycles. The summed E-state index contributed by atoms with van der Waals surface area (Å²) in [5.41, 5.74) is 2.00. The van der Waals surface area contributed by atoms with E-state index in [0.717, 1.165) is 18.7 Å². The van der Waals surface area contributed by atoms with Crippen molar-refractivity contribution in [3.05, 3.63) is 89.5 Å². The summed E-state index contributed by atoms with van der Waals surface area (Å²) in [7, 11) is 2.07. The molecular formula is C33H39NO6. The zero-order valence-corrected chi connectivity index (χ0v) is 23.6. The Balaban J connectivity index is 1.44. The van der Waals surface area contributed by atoms with Crippen molar-refractivity contribution >= 4 is 23.2 Å². The first kappa shape index (κ1) is 30.4. The van der Waals surface area contributed by atoms with Crippen LogP contribution >= 0.6 is 0 Å². The lowest BCUT2D eigenvalue weighted by Gasteiger charge is -2.25. The minimum atomic E-state index is -0.481. The lowest BCUT2D eigenvalue weighted by molar-refractivity contribution is 0.0450. The van der Waals surface area contributed by atoms with Crippen LogP contribution in [-0.2, 0) is 4.74 Å². The van der Waals surface area contributed by atoms with Crippen molar-refractivity contribution in [2.75, 3.05) is 31.7 Å². The lowest BCUT2D eigenvalue weighted by atomic mass is 9.98. The maximum Gasteiger partial charge on any atom is 0.338 e. The molecule has 1 unspecified atom stereocenters. The number of ether oxygens (including phenoxy) is 2. The summed E-state index contributed by atoms with van der Waals surface area (Å²) in [6.07, 6.45) is 4.47. The Labute approximate surface area is 236 Å². The first-order valence-electron chi connectivity index (χ1n) is 13.9. The molecule has 0 fully saturated rings. The minimum Gasteiger partial charge on any atom is -0.507 e. The number of ketones is 2. The molecule has 3 aromatic carbocycles. The van der Waals surface area contributed by atoms with E-state index in [9.17, 15) is 19.5 Å². The third-order valence-electron chi connectivity index (χ3n) is 6.89. The summed E-state index contributed by atoms with van der Waals surface area (Å²) in [6, 6.07) is 20.2. The van der Waals surface area contributed by atoms with Crippen LogP contribution in [0.3, 0.4) is 0 Å². The first-order valence-corrected chi connectivity index (χ1v) is 13.9. The predicted octanol–water partition coefficient (Wildman–Crippen LogP) is 6.74.